The molecule has 0 fully saturated rings. The van der Waals surface area contributed by atoms with Gasteiger partial charge in [-0.2, -0.15) is 0 Å². The molecule has 7 heteroatoms. The van der Waals surface area contributed by atoms with E-state index in [1.165, 1.54) is 7.11 Å². The van der Waals surface area contributed by atoms with Gasteiger partial charge in [0.1, 0.15) is 0 Å². The van der Waals surface area contributed by atoms with E-state index in [2.05, 4.69) is 21.2 Å². The summed E-state index contributed by atoms with van der Waals surface area (Å²) in [6.45, 7) is 4.06. The Morgan fingerprint density at radius 2 is 2.11 bits per heavy atom. The van der Waals surface area contributed by atoms with Crippen molar-refractivity contribution in [3.8, 4) is 11.5 Å². The van der Waals surface area contributed by atoms with Gasteiger partial charge in [0.15, 0.2) is 17.3 Å². The molecule has 0 aromatic heterocycles. The average molecular weight is 450 g/mol. The normalized spacial score (nSPS) is 19.3. The molecule has 0 saturated carbocycles. The number of ketones is 1. The molecular weight excluding hydrogens is 426 g/mol. The average Bonchev–Trinajstić information content (AvgIpc) is 2.67. The molecule has 0 saturated heterocycles. The Balaban J connectivity index is 2.19. The SMILES string of the molecule is CCCOC(=O)C1=C(C)NC2=C(C(=O)CCC2)[C@H]1c1cc(Br)c(O)c(OC)c1. The molecule has 1 aromatic rings. The molecule has 0 bridgehead atoms. The van der Waals surface area contributed by atoms with Gasteiger partial charge in [0, 0.05) is 29.3 Å². The number of ether oxygens (including phenoxy) is 2. The van der Waals surface area contributed by atoms with Crippen molar-refractivity contribution in [2.45, 2.75) is 45.4 Å². The highest BCUT2D eigenvalue weighted by Crippen LogP contribution is 2.46. The number of dihydropyridines is 1. The second-order valence-corrected chi connectivity index (χ2v) is 7.81. The van der Waals surface area contributed by atoms with Crippen LogP contribution >= 0.6 is 15.9 Å². The number of halogens is 1. The summed E-state index contributed by atoms with van der Waals surface area (Å²) >= 11 is 3.34. The number of hydrogen-bond acceptors (Lipinski definition) is 6. The Morgan fingerprint density at radius 3 is 2.79 bits per heavy atom. The maximum Gasteiger partial charge on any atom is 0.336 e. The number of phenolic OH excluding ortho intramolecular Hbond substituents is 1. The number of allylic oxidation sites excluding steroid dienone is 3. The Kier molecular flexibility index (Phi) is 6.13. The summed E-state index contributed by atoms with van der Waals surface area (Å²) in [5, 5.41) is 13.4. The molecule has 0 radical (unpaired) electrons. The number of rotatable bonds is 5. The maximum absolute atomic E-state index is 12.9. The van der Waals surface area contributed by atoms with Crippen LogP contribution in [0.3, 0.4) is 0 Å². The number of esters is 1. The summed E-state index contributed by atoms with van der Waals surface area (Å²) in [6.07, 6.45) is 2.69. The number of hydrogen-bond donors (Lipinski definition) is 2. The fourth-order valence-electron chi connectivity index (χ4n) is 3.78. The van der Waals surface area contributed by atoms with E-state index in [0.29, 0.717) is 46.3 Å². The van der Waals surface area contributed by atoms with Crippen LogP contribution in [0.15, 0.2) is 39.1 Å². The first kappa shape index (κ1) is 20.5. The van der Waals surface area contributed by atoms with Crippen molar-refractivity contribution < 1.29 is 24.2 Å². The van der Waals surface area contributed by atoms with Crippen molar-refractivity contribution in [2.75, 3.05) is 13.7 Å². The van der Waals surface area contributed by atoms with Gasteiger partial charge in [0.2, 0.25) is 0 Å². The maximum atomic E-state index is 12.9. The largest absolute Gasteiger partial charge is 0.503 e. The highest BCUT2D eigenvalue weighted by atomic mass is 79.9. The van der Waals surface area contributed by atoms with E-state index in [9.17, 15) is 14.7 Å². The van der Waals surface area contributed by atoms with Gasteiger partial charge in [0.05, 0.1) is 23.8 Å². The molecule has 0 spiro atoms. The number of Topliss-reactive ketones (excluding diaryl/α,β-unsaturated/α-hetero) is 1. The third-order valence-electron chi connectivity index (χ3n) is 5.04. The van der Waals surface area contributed by atoms with Gasteiger partial charge in [-0.1, -0.05) is 6.92 Å². The van der Waals surface area contributed by atoms with E-state index < -0.39 is 11.9 Å². The molecule has 1 atom stereocenters. The smallest absolute Gasteiger partial charge is 0.336 e. The second kappa shape index (κ2) is 8.39. The van der Waals surface area contributed by atoms with Crippen LogP contribution in [0.4, 0.5) is 0 Å². The van der Waals surface area contributed by atoms with Crippen molar-refractivity contribution in [3.05, 3.63) is 44.7 Å². The number of nitrogens with one attached hydrogen (secondary N) is 1. The summed E-state index contributed by atoms with van der Waals surface area (Å²) in [4.78, 5) is 25.7. The number of benzene rings is 1. The Hall–Kier alpha value is -2.28. The molecule has 2 aliphatic rings. The molecule has 6 nitrogen and oxygen atoms in total. The second-order valence-electron chi connectivity index (χ2n) is 6.96. The first-order chi connectivity index (χ1) is 13.4. The standard InChI is InChI=1S/C21H24BrNO5/c1-4-8-28-21(26)17-11(2)23-14-6-5-7-15(24)19(14)18(17)12-9-13(22)20(25)16(10-12)27-3/h9-10,18,23,25H,4-8H2,1-3H3/t18-/m0/s1. The lowest BCUT2D eigenvalue weighted by Gasteiger charge is -2.34. The van der Waals surface area contributed by atoms with Gasteiger partial charge in [0.25, 0.3) is 0 Å². The number of carbonyl (C=O) groups excluding carboxylic acids is 2. The molecule has 3 rings (SSSR count). The summed E-state index contributed by atoms with van der Waals surface area (Å²) < 4.78 is 11.1. The minimum atomic E-state index is -0.570. The van der Waals surface area contributed by atoms with E-state index in [1.54, 1.807) is 12.1 Å². The lowest BCUT2D eigenvalue weighted by Crippen LogP contribution is -2.34. The molecule has 1 aliphatic heterocycles. The van der Waals surface area contributed by atoms with Crippen LogP contribution in [0, 0.1) is 0 Å². The topological polar surface area (TPSA) is 84.9 Å². The van der Waals surface area contributed by atoms with Crippen LogP contribution in [0.2, 0.25) is 0 Å². The lowest BCUT2D eigenvalue weighted by molar-refractivity contribution is -0.139. The highest BCUT2D eigenvalue weighted by Gasteiger charge is 2.39. The van der Waals surface area contributed by atoms with Crippen molar-refractivity contribution in [1.29, 1.82) is 0 Å². The monoisotopic (exact) mass is 449 g/mol. The van der Waals surface area contributed by atoms with Crippen LogP contribution in [-0.4, -0.2) is 30.6 Å². The quantitative estimate of drug-likeness (QED) is 0.658. The fraction of sp³-hybridized carbons (Fsp3) is 0.429. The molecular formula is C21H24BrNO5. The molecule has 1 heterocycles. The number of phenols is 1. The van der Waals surface area contributed by atoms with E-state index in [4.69, 9.17) is 9.47 Å². The van der Waals surface area contributed by atoms with E-state index in [1.807, 2.05) is 13.8 Å². The van der Waals surface area contributed by atoms with E-state index in [0.717, 1.165) is 18.5 Å². The third-order valence-corrected chi connectivity index (χ3v) is 5.64. The van der Waals surface area contributed by atoms with Crippen molar-refractivity contribution >= 4 is 27.7 Å². The first-order valence-corrected chi connectivity index (χ1v) is 10.2. The molecule has 150 valence electrons. The minimum absolute atomic E-state index is 0.0233. The van der Waals surface area contributed by atoms with Crippen LogP contribution in [0.5, 0.6) is 11.5 Å². The molecule has 28 heavy (non-hydrogen) atoms. The Morgan fingerprint density at radius 1 is 1.36 bits per heavy atom. The molecule has 2 N–H and O–H groups in total. The van der Waals surface area contributed by atoms with Crippen molar-refractivity contribution in [3.63, 3.8) is 0 Å². The molecule has 0 unspecified atom stereocenters. The predicted octanol–water partition coefficient (Wildman–Crippen LogP) is 4.08. The highest BCUT2D eigenvalue weighted by molar-refractivity contribution is 9.10. The van der Waals surface area contributed by atoms with Crippen LogP contribution < -0.4 is 10.1 Å². The molecule has 1 aromatic carbocycles. The predicted molar refractivity (Wildman–Crippen MR) is 108 cm³/mol. The fourth-order valence-corrected chi connectivity index (χ4v) is 4.24. The summed E-state index contributed by atoms with van der Waals surface area (Å²) in [5.74, 6) is -0.744. The van der Waals surface area contributed by atoms with Gasteiger partial charge in [-0.3, -0.25) is 4.79 Å². The van der Waals surface area contributed by atoms with Gasteiger partial charge < -0.3 is 19.9 Å². The van der Waals surface area contributed by atoms with E-state index >= 15 is 0 Å². The van der Waals surface area contributed by atoms with Gasteiger partial charge in [-0.15, -0.1) is 0 Å². The van der Waals surface area contributed by atoms with Crippen molar-refractivity contribution in [2.24, 2.45) is 0 Å². The lowest BCUT2D eigenvalue weighted by atomic mass is 9.75. The first-order valence-electron chi connectivity index (χ1n) is 9.36. The zero-order chi connectivity index (χ0) is 20.4. The van der Waals surface area contributed by atoms with Crippen LogP contribution in [0.25, 0.3) is 0 Å². The summed E-state index contributed by atoms with van der Waals surface area (Å²) in [6, 6.07) is 3.39. The summed E-state index contributed by atoms with van der Waals surface area (Å²) in [5.41, 5.74) is 3.24. The van der Waals surface area contributed by atoms with Crippen LogP contribution in [0.1, 0.15) is 51.0 Å². The number of methoxy groups -OCH3 is 1. The van der Waals surface area contributed by atoms with Crippen molar-refractivity contribution in [1.82, 2.24) is 5.32 Å². The Labute approximate surface area is 172 Å². The summed E-state index contributed by atoms with van der Waals surface area (Å²) in [7, 11) is 1.46. The van der Waals surface area contributed by atoms with E-state index in [-0.39, 0.29) is 17.3 Å². The zero-order valence-corrected chi connectivity index (χ0v) is 17.8. The molecule has 0 amide bonds. The van der Waals surface area contributed by atoms with Crippen LogP contribution in [-0.2, 0) is 14.3 Å². The molecule has 1 aliphatic carbocycles. The zero-order valence-electron chi connectivity index (χ0n) is 16.2. The number of carbonyl (C=O) groups is 2. The van der Waals surface area contributed by atoms with Gasteiger partial charge in [-0.25, -0.2) is 4.79 Å². The van der Waals surface area contributed by atoms with Gasteiger partial charge in [-0.05, 0) is 59.8 Å². The van der Waals surface area contributed by atoms with Gasteiger partial charge >= 0.3 is 5.97 Å². The minimum Gasteiger partial charge on any atom is -0.503 e. The number of aromatic hydroxyl groups is 1. The Bertz CT molecular complexity index is 887. The third kappa shape index (κ3) is 3.68.